The van der Waals surface area contributed by atoms with Gasteiger partial charge in [0, 0.05) is 19.1 Å². The van der Waals surface area contributed by atoms with E-state index in [1.165, 1.54) is 0 Å². The minimum Gasteiger partial charge on any atom is -0.346 e. The molecule has 1 heterocycles. The Balaban J connectivity index is 1.68. The van der Waals surface area contributed by atoms with Crippen LogP contribution in [0.2, 0.25) is 0 Å². The Morgan fingerprint density at radius 2 is 1.93 bits per heavy atom. The van der Waals surface area contributed by atoms with Crippen LogP contribution in [0.4, 0.5) is 0 Å². The maximum absolute atomic E-state index is 11.6. The Morgan fingerprint density at radius 3 is 2.60 bits per heavy atom. The predicted octanol–water partition coefficient (Wildman–Crippen LogP) is -0.0107. The van der Waals surface area contributed by atoms with Gasteiger partial charge in [0.25, 0.3) is 0 Å². The molecule has 0 bridgehead atoms. The number of hydrogen-bond donors (Lipinski definition) is 1. The number of nitrogens with one attached hydrogen (secondary N) is 1. The molecular formula is C11H16N2O2. The van der Waals surface area contributed by atoms with Crippen LogP contribution < -0.4 is 5.32 Å². The highest BCUT2D eigenvalue weighted by Gasteiger charge is 2.55. The Hall–Kier alpha value is -1.06. The number of fused-ring (bicyclic) bond motifs is 1. The molecule has 2 unspecified atom stereocenters. The van der Waals surface area contributed by atoms with Gasteiger partial charge in [-0.05, 0) is 30.6 Å². The smallest absolute Gasteiger partial charge is 0.312 e. The minimum absolute atomic E-state index is 0.319. The summed E-state index contributed by atoms with van der Waals surface area (Å²) in [7, 11) is 0. The zero-order valence-electron chi connectivity index (χ0n) is 8.90. The Bertz CT molecular complexity index is 317. The summed E-state index contributed by atoms with van der Waals surface area (Å²) < 4.78 is 0. The quantitative estimate of drug-likeness (QED) is 0.616. The van der Waals surface area contributed by atoms with Crippen LogP contribution in [0.5, 0.6) is 0 Å². The molecule has 1 aliphatic heterocycles. The summed E-state index contributed by atoms with van der Waals surface area (Å²) >= 11 is 0. The summed E-state index contributed by atoms with van der Waals surface area (Å²) in [5, 5.41) is 2.59. The van der Waals surface area contributed by atoms with Crippen molar-refractivity contribution in [1.82, 2.24) is 10.2 Å². The molecule has 0 spiro atoms. The molecule has 15 heavy (non-hydrogen) atoms. The molecule has 2 amide bonds. The van der Waals surface area contributed by atoms with Crippen LogP contribution in [0.15, 0.2) is 0 Å². The lowest BCUT2D eigenvalue weighted by molar-refractivity contribution is -0.150. The van der Waals surface area contributed by atoms with Crippen molar-refractivity contribution in [3.8, 4) is 0 Å². The fourth-order valence-corrected chi connectivity index (χ4v) is 3.34. The first-order valence-corrected chi connectivity index (χ1v) is 5.77. The molecule has 4 nitrogen and oxygen atoms in total. The van der Waals surface area contributed by atoms with Crippen molar-refractivity contribution < 1.29 is 9.59 Å². The van der Waals surface area contributed by atoms with Crippen LogP contribution in [0.25, 0.3) is 0 Å². The second-order valence-corrected chi connectivity index (χ2v) is 5.07. The first-order chi connectivity index (χ1) is 7.18. The predicted molar refractivity (Wildman–Crippen MR) is 53.9 cm³/mol. The SMILES string of the molecule is CC1C2CC(N3CCNC(=O)C3=O)CC12. The molecule has 2 atom stereocenters. The molecule has 0 aromatic heterocycles. The van der Waals surface area contributed by atoms with Crippen LogP contribution in [-0.4, -0.2) is 35.8 Å². The molecule has 1 saturated heterocycles. The van der Waals surface area contributed by atoms with Gasteiger partial charge in [-0.1, -0.05) is 6.92 Å². The topological polar surface area (TPSA) is 49.4 Å². The summed E-state index contributed by atoms with van der Waals surface area (Å²) in [5.74, 6) is 1.77. The van der Waals surface area contributed by atoms with Gasteiger partial charge < -0.3 is 10.2 Å². The molecule has 1 N–H and O–H groups in total. The van der Waals surface area contributed by atoms with Crippen LogP contribution in [0.1, 0.15) is 19.8 Å². The maximum atomic E-state index is 11.6. The zero-order valence-corrected chi connectivity index (χ0v) is 8.90. The van der Waals surface area contributed by atoms with Crippen LogP contribution in [0.3, 0.4) is 0 Å². The summed E-state index contributed by atoms with van der Waals surface area (Å²) in [6, 6.07) is 0.342. The first-order valence-electron chi connectivity index (χ1n) is 5.77. The average Bonchev–Trinajstić information content (AvgIpc) is 2.66. The van der Waals surface area contributed by atoms with E-state index in [2.05, 4.69) is 12.2 Å². The van der Waals surface area contributed by atoms with Gasteiger partial charge in [-0.2, -0.15) is 0 Å². The third-order valence-electron chi connectivity index (χ3n) is 4.38. The van der Waals surface area contributed by atoms with Gasteiger partial charge in [-0.25, -0.2) is 0 Å². The van der Waals surface area contributed by atoms with E-state index < -0.39 is 5.91 Å². The highest BCUT2D eigenvalue weighted by molar-refractivity contribution is 6.35. The number of carbonyl (C=O) groups is 2. The molecule has 2 aliphatic carbocycles. The van der Waals surface area contributed by atoms with Crippen LogP contribution >= 0.6 is 0 Å². The van der Waals surface area contributed by atoms with Gasteiger partial charge in [0.1, 0.15) is 0 Å². The van der Waals surface area contributed by atoms with E-state index in [-0.39, 0.29) is 5.91 Å². The number of nitrogens with zero attached hydrogens (tertiary/aromatic N) is 1. The maximum Gasteiger partial charge on any atom is 0.312 e. The standard InChI is InChI=1S/C11H16N2O2/c1-6-8-4-7(5-9(6)8)13-3-2-12-10(14)11(13)15/h6-9H,2-5H2,1H3,(H,12,14). The average molecular weight is 208 g/mol. The van der Waals surface area contributed by atoms with Crippen molar-refractivity contribution in [2.45, 2.75) is 25.8 Å². The monoisotopic (exact) mass is 208 g/mol. The molecule has 4 heteroatoms. The van der Waals surface area contributed by atoms with E-state index in [0.29, 0.717) is 19.1 Å². The van der Waals surface area contributed by atoms with Gasteiger partial charge >= 0.3 is 11.8 Å². The van der Waals surface area contributed by atoms with E-state index >= 15 is 0 Å². The van der Waals surface area contributed by atoms with E-state index in [1.807, 2.05) is 0 Å². The van der Waals surface area contributed by atoms with Crippen molar-refractivity contribution in [2.24, 2.45) is 17.8 Å². The number of piperazine rings is 1. The summed E-state index contributed by atoms with van der Waals surface area (Å²) in [6.07, 6.45) is 2.23. The first kappa shape index (κ1) is 9.19. The molecular weight excluding hydrogens is 192 g/mol. The lowest BCUT2D eigenvalue weighted by Gasteiger charge is -2.33. The van der Waals surface area contributed by atoms with Gasteiger partial charge in [0.2, 0.25) is 0 Å². The number of rotatable bonds is 1. The van der Waals surface area contributed by atoms with Crippen molar-refractivity contribution >= 4 is 11.8 Å². The zero-order chi connectivity index (χ0) is 10.6. The van der Waals surface area contributed by atoms with Crippen molar-refractivity contribution in [1.29, 1.82) is 0 Å². The number of hydrogen-bond acceptors (Lipinski definition) is 2. The molecule has 3 aliphatic rings. The van der Waals surface area contributed by atoms with E-state index in [4.69, 9.17) is 0 Å². The molecule has 82 valence electrons. The third kappa shape index (κ3) is 1.27. The normalized spacial score (nSPS) is 43.9. The van der Waals surface area contributed by atoms with Crippen molar-refractivity contribution in [3.63, 3.8) is 0 Å². The Kier molecular flexibility index (Phi) is 1.82. The van der Waals surface area contributed by atoms with Gasteiger partial charge in [0.05, 0.1) is 0 Å². The van der Waals surface area contributed by atoms with Gasteiger partial charge in [-0.3, -0.25) is 9.59 Å². The fourth-order valence-electron chi connectivity index (χ4n) is 3.34. The van der Waals surface area contributed by atoms with E-state index in [9.17, 15) is 9.59 Å². The van der Waals surface area contributed by atoms with Gasteiger partial charge in [-0.15, -0.1) is 0 Å². The van der Waals surface area contributed by atoms with Crippen LogP contribution in [0, 0.1) is 17.8 Å². The highest BCUT2D eigenvalue weighted by Crippen LogP contribution is 2.58. The Labute approximate surface area is 89.0 Å². The highest BCUT2D eigenvalue weighted by atomic mass is 16.2. The molecule has 0 aromatic carbocycles. The summed E-state index contributed by atoms with van der Waals surface area (Å²) in [5.41, 5.74) is 0. The summed E-state index contributed by atoms with van der Waals surface area (Å²) in [4.78, 5) is 24.6. The second-order valence-electron chi connectivity index (χ2n) is 5.07. The fraction of sp³-hybridized carbons (Fsp3) is 0.818. The Morgan fingerprint density at radius 1 is 1.27 bits per heavy atom. The summed E-state index contributed by atoms with van der Waals surface area (Å²) in [6.45, 7) is 3.60. The lowest BCUT2D eigenvalue weighted by Crippen LogP contribution is -2.55. The third-order valence-corrected chi connectivity index (χ3v) is 4.38. The number of amides is 2. The molecule has 0 aromatic rings. The molecule has 0 radical (unpaired) electrons. The second kappa shape index (κ2) is 2.97. The largest absolute Gasteiger partial charge is 0.346 e. The minimum atomic E-state index is -0.421. The van der Waals surface area contributed by atoms with E-state index in [0.717, 1.165) is 30.6 Å². The van der Waals surface area contributed by atoms with Gasteiger partial charge in [0.15, 0.2) is 0 Å². The van der Waals surface area contributed by atoms with E-state index in [1.54, 1.807) is 4.90 Å². The lowest BCUT2D eigenvalue weighted by atomic mass is 10.1. The number of carbonyl (C=O) groups excluding carboxylic acids is 2. The molecule has 3 rings (SSSR count). The molecule has 2 saturated carbocycles. The van der Waals surface area contributed by atoms with Crippen molar-refractivity contribution in [3.05, 3.63) is 0 Å². The molecule has 3 fully saturated rings. The van der Waals surface area contributed by atoms with Crippen LogP contribution in [-0.2, 0) is 9.59 Å². The van der Waals surface area contributed by atoms with Crippen molar-refractivity contribution in [2.75, 3.05) is 13.1 Å².